The second-order valence-electron chi connectivity index (χ2n) is 5.32. The van der Waals surface area contributed by atoms with Gasteiger partial charge in [0.15, 0.2) is 0 Å². The summed E-state index contributed by atoms with van der Waals surface area (Å²) in [5, 5.41) is 2.44. The zero-order chi connectivity index (χ0) is 13.9. The zero-order valence-corrected chi connectivity index (χ0v) is 11.9. The van der Waals surface area contributed by atoms with E-state index in [1.165, 1.54) is 16.1 Å². The molecule has 2 aliphatic rings. The van der Waals surface area contributed by atoms with Crippen molar-refractivity contribution in [2.45, 2.75) is 19.1 Å². The Bertz CT molecular complexity index is 586. The van der Waals surface area contributed by atoms with Gasteiger partial charge in [0.25, 0.3) is 0 Å². The maximum Gasteiger partial charge on any atom is 0.0984 e. The number of anilines is 1. The molecule has 2 aliphatic heterocycles. The van der Waals surface area contributed by atoms with Gasteiger partial charge in [-0.25, -0.2) is 0 Å². The Balaban J connectivity index is 1.88. The maximum absolute atomic E-state index is 5.37. The molecule has 0 amide bonds. The van der Waals surface area contributed by atoms with Gasteiger partial charge in [0.2, 0.25) is 0 Å². The molecule has 0 N–H and O–H groups in total. The summed E-state index contributed by atoms with van der Waals surface area (Å²) < 4.78 is 10.7. The third-order valence-electron chi connectivity index (χ3n) is 3.70. The Morgan fingerprint density at radius 3 is 2.35 bits per heavy atom. The first-order valence-corrected chi connectivity index (χ1v) is 7.17. The summed E-state index contributed by atoms with van der Waals surface area (Å²) >= 11 is 0. The number of epoxide rings is 2. The van der Waals surface area contributed by atoms with Gasteiger partial charge in [0.1, 0.15) is 0 Å². The molecule has 1 aromatic carbocycles. The lowest BCUT2D eigenvalue weighted by Crippen LogP contribution is -2.34. The van der Waals surface area contributed by atoms with Crippen molar-refractivity contribution in [3.63, 3.8) is 0 Å². The molecular formula is C17H21NO2. The predicted molar refractivity (Wildman–Crippen MR) is 82.2 cm³/mol. The molecule has 3 heteroatoms. The van der Waals surface area contributed by atoms with Gasteiger partial charge in [-0.3, -0.25) is 0 Å². The van der Waals surface area contributed by atoms with Crippen LogP contribution >= 0.6 is 0 Å². The average Bonchev–Trinajstić information content (AvgIpc) is 3.34. The molecule has 2 fully saturated rings. The van der Waals surface area contributed by atoms with Crippen LogP contribution in [0.25, 0.3) is 12.2 Å². The summed E-state index contributed by atoms with van der Waals surface area (Å²) in [6, 6.07) is 6.56. The van der Waals surface area contributed by atoms with Crippen molar-refractivity contribution in [2.24, 2.45) is 0 Å². The molecule has 0 saturated carbocycles. The van der Waals surface area contributed by atoms with E-state index >= 15 is 0 Å². The van der Waals surface area contributed by atoms with Crippen LogP contribution in [-0.2, 0) is 9.47 Å². The standard InChI is InChI=1S/C17H21NO2/c1-3-5-14-6-7-15(8-13(14)4-2)18(9-16-11-19-16)10-17-12-20-17/h3-8,16-17H,1,9-12H2,2H3/b13-4-,14-5-. The highest BCUT2D eigenvalue weighted by molar-refractivity contribution is 5.51. The summed E-state index contributed by atoms with van der Waals surface area (Å²) in [4.78, 5) is 2.38. The van der Waals surface area contributed by atoms with Gasteiger partial charge in [0.05, 0.1) is 25.4 Å². The zero-order valence-electron chi connectivity index (χ0n) is 11.9. The monoisotopic (exact) mass is 271 g/mol. The average molecular weight is 271 g/mol. The van der Waals surface area contributed by atoms with E-state index in [4.69, 9.17) is 9.47 Å². The normalized spacial score (nSPS) is 25.6. The quantitative estimate of drug-likeness (QED) is 0.724. The molecule has 2 atom stereocenters. The van der Waals surface area contributed by atoms with Crippen LogP contribution in [0.1, 0.15) is 6.92 Å². The van der Waals surface area contributed by atoms with E-state index in [0.717, 1.165) is 26.3 Å². The summed E-state index contributed by atoms with van der Waals surface area (Å²) in [5.41, 5.74) is 1.24. The second-order valence-corrected chi connectivity index (χ2v) is 5.32. The van der Waals surface area contributed by atoms with Gasteiger partial charge < -0.3 is 14.4 Å². The first-order chi connectivity index (χ1) is 9.80. The van der Waals surface area contributed by atoms with Crippen LogP contribution in [0, 0.1) is 0 Å². The lowest BCUT2D eigenvalue weighted by Gasteiger charge is -2.23. The van der Waals surface area contributed by atoms with E-state index in [1.54, 1.807) is 0 Å². The van der Waals surface area contributed by atoms with Crippen LogP contribution in [0.4, 0.5) is 5.69 Å². The van der Waals surface area contributed by atoms with Gasteiger partial charge in [-0.1, -0.05) is 30.9 Å². The Hall–Kier alpha value is -1.58. The molecule has 1 aromatic rings. The van der Waals surface area contributed by atoms with Crippen LogP contribution in [0.3, 0.4) is 0 Å². The molecule has 3 rings (SSSR count). The van der Waals surface area contributed by atoms with Crippen molar-refractivity contribution in [3.05, 3.63) is 41.3 Å². The Morgan fingerprint density at radius 1 is 1.20 bits per heavy atom. The smallest absolute Gasteiger partial charge is 0.0984 e. The van der Waals surface area contributed by atoms with E-state index in [2.05, 4.69) is 42.7 Å². The van der Waals surface area contributed by atoms with Crippen molar-refractivity contribution < 1.29 is 9.47 Å². The maximum atomic E-state index is 5.37. The van der Waals surface area contributed by atoms with Gasteiger partial charge in [-0.2, -0.15) is 0 Å². The van der Waals surface area contributed by atoms with Crippen molar-refractivity contribution >= 4 is 17.8 Å². The van der Waals surface area contributed by atoms with Gasteiger partial charge in [-0.15, -0.1) is 0 Å². The molecule has 2 saturated heterocycles. The van der Waals surface area contributed by atoms with Crippen molar-refractivity contribution in [3.8, 4) is 0 Å². The van der Waals surface area contributed by atoms with E-state index < -0.39 is 0 Å². The molecule has 0 aromatic heterocycles. The summed E-state index contributed by atoms with van der Waals surface area (Å²) in [5.74, 6) is 0. The fraction of sp³-hybridized carbons (Fsp3) is 0.412. The van der Waals surface area contributed by atoms with E-state index in [-0.39, 0.29) is 0 Å². The number of nitrogens with zero attached hydrogens (tertiary/aromatic N) is 1. The van der Waals surface area contributed by atoms with Gasteiger partial charge in [-0.05, 0) is 29.5 Å². The van der Waals surface area contributed by atoms with Crippen LogP contribution in [0.5, 0.6) is 0 Å². The molecule has 2 unspecified atom stereocenters. The molecule has 0 radical (unpaired) electrons. The molecule has 106 valence electrons. The topological polar surface area (TPSA) is 28.3 Å². The third kappa shape index (κ3) is 3.30. The second kappa shape index (κ2) is 5.81. The SMILES string of the molecule is C=C/C=c1/ccc(N(CC2CO2)CC2CO2)c/c1=C/C. The summed E-state index contributed by atoms with van der Waals surface area (Å²) in [6.45, 7) is 9.51. The van der Waals surface area contributed by atoms with Crippen molar-refractivity contribution in [1.29, 1.82) is 0 Å². The Morgan fingerprint density at radius 2 is 1.85 bits per heavy atom. The number of hydrogen-bond donors (Lipinski definition) is 0. The largest absolute Gasteiger partial charge is 0.371 e. The highest BCUT2D eigenvalue weighted by Gasteiger charge is 2.30. The highest BCUT2D eigenvalue weighted by atomic mass is 16.6. The minimum Gasteiger partial charge on any atom is -0.371 e. The molecule has 20 heavy (non-hydrogen) atoms. The van der Waals surface area contributed by atoms with Gasteiger partial charge in [0, 0.05) is 18.8 Å². The number of rotatable bonds is 6. The lowest BCUT2D eigenvalue weighted by molar-refractivity contribution is 0.389. The van der Waals surface area contributed by atoms with Crippen LogP contribution in [0.2, 0.25) is 0 Å². The van der Waals surface area contributed by atoms with Crippen LogP contribution in [0.15, 0.2) is 30.9 Å². The first kappa shape index (κ1) is 13.4. The lowest BCUT2D eigenvalue weighted by atomic mass is 10.1. The number of hydrogen-bond acceptors (Lipinski definition) is 3. The molecular weight excluding hydrogens is 250 g/mol. The molecule has 0 spiro atoms. The van der Waals surface area contributed by atoms with E-state index in [0.29, 0.717) is 12.2 Å². The Labute approximate surface area is 119 Å². The van der Waals surface area contributed by atoms with Crippen LogP contribution < -0.4 is 15.3 Å². The summed E-state index contributed by atoms with van der Waals surface area (Å²) in [6.07, 6.45) is 6.79. The Kier molecular flexibility index (Phi) is 3.90. The molecule has 0 aliphatic carbocycles. The minimum absolute atomic E-state index is 0.391. The van der Waals surface area contributed by atoms with E-state index in [1.807, 2.05) is 12.2 Å². The fourth-order valence-corrected chi connectivity index (χ4v) is 2.41. The minimum atomic E-state index is 0.391. The summed E-state index contributed by atoms with van der Waals surface area (Å²) in [7, 11) is 0. The van der Waals surface area contributed by atoms with Crippen molar-refractivity contribution in [2.75, 3.05) is 31.2 Å². The fourth-order valence-electron chi connectivity index (χ4n) is 2.41. The number of benzene rings is 1. The van der Waals surface area contributed by atoms with E-state index in [9.17, 15) is 0 Å². The highest BCUT2D eigenvalue weighted by Crippen LogP contribution is 2.20. The molecule has 2 heterocycles. The third-order valence-corrected chi connectivity index (χ3v) is 3.70. The first-order valence-electron chi connectivity index (χ1n) is 7.17. The number of allylic oxidation sites excluding steroid dienone is 1. The van der Waals surface area contributed by atoms with Crippen LogP contribution in [-0.4, -0.2) is 38.5 Å². The van der Waals surface area contributed by atoms with Gasteiger partial charge >= 0.3 is 0 Å². The molecule has 0 bridgehead atoms. The molecule has 3 nitrogen and oxygen atoms in total. The number of ether oxygens (including phenoxy) is 2. The predicted octanol–water partition coefficient (Wildman–Crippen LogP) is 1.06. The van der Waals surface area contributed by atoms with Crippen molar-refractivity contribution in [1.82, 2.24) is 0 Å².